The molecule has 3 aromatic carbocycles. The number of hydrogen-bond donors (Lipinski definition) is 1. The van der Waals surface area contributed by atoms with Crippen molar-refractivity contribution in [3.63, 3.8) is 0 Å². The van der Waals surface area contributed by atoms with Crippen LogP contribution in [0.1, 0.15) is 33.3 Å². The number of benzene rings is 3. The first kappa shape index (κ1) is 27.4. The van der Waals surface area contributed by atoms with E-state index in [0.29, 0.717) is 5.29 Å². The van der Waals surface area contributed by atoms with Crippen molar-refractivity contribution in [1.29, 1.82) is 0 Å². The third-order valence-electron chi connectivity index (χ3n) is 6.62. The summed E-state index contributed by atoms with van der Waals surface area (Å²) in [5.41, 5.74) is 7.71. The summed E-state index contributed by atoms with van der Waals surface area (Å²) in [6, 6.07) is 27.4. The highest BCUT2D eigenvalue weighted by molar-refractivity contribution is 6.65. The SMILES string of the molecule is CC.CC.CN(c1ccccc1)c1ccc(C2=C3C(N=C(Cl)N2)OC2C=CC=CC32)cc1-c1ccccc1. The Morgan fingerprint density at radius 1 is 0.816 bits per heavy atom. The third-order valence-corrected chi connectivity index (χ3v) is 6.81. The van der Waals surface area contributed by atoms with Gasteiger partial charge in [0.2, 0.25) is 0 Å². The zero-order valence-corrected chi connectivity index (χ0v) is 23.5. The smallest absolute Gasteiger partial charge is 0.198 e. The average Bonchev–Trinajstić information content (AvgIpc) is 3.37. The normalized spacial score (nSPS) is 20.6. The molecule has 6 rings (SSSR count). The standard InChI is InChI=1S/C29H24ClN3O.2C2H6/c1-33(21-12-6-3-7-13-21)24-17-16-20(18-23(24)19-10-4-2-5-11-19)27-26-22-14-8-9-15-25(22)34-28(26)32-29(30)31-27;2*1-2/h2-18,22,25,28H,1H3,(H,31,32);2*1-2H3. The molecule has 196 valence electrons. The molecule has 0 bridgehead atoms. The minimum Gasteiger partial charge on any atom is -0.344 e. The maximum absolute atomic E-state index is 6.42. The van der Waals surface area contributed by atoms with Crippen LogP contribution >= 0.6 is 11.6 Å². The van der Waals surface area contributed by atoms with E-state index in [1.165, 1.54) is 0 Å². The van der Waals surface area contributed by atoms with Gasteiger partial charge in [-0.15, -0.1) is 0 Å². The van der Waals surface area contributed by atoms with Crippen LogP contribution in [0.4, 0.5) is 11.4 Å². The number of nitrogens with zero attached hydrogens (tertiary/aromatic N) is 2. The molecule has 0 aromatic heterocycles. The van der Waals surface area contributed by atoms with Gasteiger partial charge in [0.15, 0.2) is 11.5 Å². The van der Waals surface area contributed by atoms with Crippen molar-refractivity contribution in [1.82, 2.24) is 5.32 Å². The van der Waals surface area contributed by atoms with Gasteiger partial charge in [-0.05, 0) is 47.0 Å². The van der Waals surface area contributed by atoms with Crippen molar-refractivity contribution in [3.05, 3.63) is 114 Å². The molecule has 38 heavy (non-hydrogen) atoms. The number of nitrogens with one attached hydrogen (secondary N) is 1. The third kappa shape index (κ3) is 5.47. The Bertz CT molecular complexity index is 1350. The summed E-state index contributed by atoms with van der Waals surface area (Å²) in [4.78, 5) is 6.75. The van der Waals surface area contributed by atoms with Gasteiger partial charge < -0.3 is 15.0 Å². The van der Waals surface area contributed by atoms with Gasteiger partial charge in [-0.25, -0.2) is 4.99 Å². The van der Waals surface area contributed by atoms with Crippen molar-refractivity contribution in [3.8, 4) is 11.1 Å². The molecule has 1 saturated heterocycles. The number of anilines is 2. The maximum atomic E-state index is 6.42. The molecule has 2 aliphatic heterocycles. The van der Waals surface area contributed by atoms with Crippen LogP contribution in [0, 0.1) is 5.92 Å². The van der Waals surface area contributed by atoms with Gasteiger partial charge in [-0.1, -0.05) is 107 Å². The number of halogens is 1. The first-order valence-corrected chi connectivity index (χ1v) is 13.8. The van der Waals surface area contributed by atoms with Gasteiger partial charge in [0.25, 0.3) is 0 Å². The van der Waals surface area contributed by atoms with Crippen molar-refractivity contribution in [2.45, 2.75) is 40.0 Å². The van der Waals surface area contributed by atoms with E-state index in [2.05, 4.69) is 107 Å². The van der Waals surface area contributed by atoms with Crippen molar-refractivity contribution in [2.75, 3.05) is 11.9 Å². The second-order valence-electron chi connectivity index (χ2n) is 8.62. The Kier molecular flexibility index (Phi) is 9.22. The summed E-state index contributed by atoms with van der Waals surface area (Å²) in [6.45, 7) is 8.00. The number of fused-ring (bicyclic) bond motifs is 3. The Morgan fingerprint density at radius 3 is 2.18 bits per heavy atom. The zero-order valence-electron chi connectivity index (χ0n) is 22.7. The lowest BCUT2D eigenvalue weighted by molar-refractivity contribution is 0.0775. The van der Waals surface area contributed by atoms with Crippen LogP contribution in [0.3, 0.4) is 0 Å². The predicted octanol–water partition coefficient (Wildman–Crippen LogP) is 8.55. The molecule has 4 nitrogen and oxygen atoms in total. The molecule has 1 aliphatic carbocycles. The highest BCUT2D eigenvalue weighted by atomic mass is 35.5. The van der Waals surface area contributed by atoms with Gasteiger partial charge in [-0.2, -0.15) is 0 Å². The molecule has 0 radical (unpaired) electrons. The number of ether oxygens (including phenoxy) is 1. The number of rotatable bonds is 4. The first-order valence-electron chi connectivity index (χ1n) is 13.4. The predicted molar refractivity (Wildman–Crippen MR) is 163 cm³/mol. The lowest BCUT2D eigenvalue weighted by Crippen LogP contribution is -2.28. The van der Waals surface area contributed by atoms with E-state index in [1.807, 2.05) is 45.9 Å². The average molecular weight is 526 g/mol. The van der Waals surface area contributed by atoms with Gasteiger partial charge in [-0.3, -0.25) is 0 Å². The fraction of sp³-hybridized carbons (Fsp3) is 0.242. The summed E-state index contributed by atoms with van der Waals surface area (Å²) < 4.78 is 6.21. The van der Waals surface area contributed by atoms with E-state index < -0.39 is 0 Å². The van der Waals surface area contributed by atoms with Crippen molar-refractivity contribution >= 4 is 34.0 Å². The summed E-state index contributed by atoms with van der Waals surface area (Å²) in [6.07, 6.45) is 7.98. The second-order valence-corrected chi connectivity index (χ2v) is 8.97. The Balaban J connectivity index is 0.000000804. The number of aliphatic imine (C=N–C) groups is 1. The molecule has 5 heteroatoms. The zero-order chi connectivity index (χ0) is 27.1. The van der Waals surface area contributed by atoms with Gasteiger partial charge >= 0.3 is 0 Å². The van der Waals surface area contributed by atoms with Crippen molar-refractivity contribution < 1.29 is 4.74 Å². The molecule has 3 aliphatic rings. The maximum Gasteiger partial charge on any atom is 0.198 e. The van der Waals surface area contributed by atoms with Crippen LogP contribution < -0.4 is 10.2 Å². The van der Waals surface area contributed by atoms with Crippen LogP contribution in [-0.2, 0) is 4.74 Å². The molecule has 1 N–H and O–H groups in total. The molecule has 3 atom stereocenters. The molecule has 1 fully saturated rings. The number of hydrogen-bond acceptors (Lipinski definition) is 4. The quantitative estimate of drug-likeness (QED) is 0.347. The van der Waals surface area contributed by atoms with Crippen LogP contribution in [0.15, 0.2) is 114 Å². The summed E-state index contributed by atoms with van der Waals surface area (Å²) >= 11 is 6.42. The van der Waals surface area contributed by atoms with Gasteiger partial charge in [0.05, 0.1) is 11.8 Å². The van der Waals surface area contributed by atoms with E-state index in [9.17, 15) is 0 Å². The molecule has 0 amide bonds. The Morgan fingerprint density at radius 2 is 1.47 bits per heavy atom. The Labute approximate surface area is 232 Å². The van der Waals surface area contributed by atoms with Gasteiger partial charge in [0, 0.05) is 35.5 Å². The summed E-state index contributed by atoms with van der Waals surface area (Å²) in [5, 5.41) is 3.69. The van der Waals surface area contributed by atoms with E-state index in [-0.39, 0.29) is 18.2 Å². The lowest BCUT2D eigenvalue weighted by Gasteiger charge is -2.26. The molecule has 0 saturated carbocycles. The highest BCUT2D eigenvalue weighted by Gasteiger charge is 2.42. The second kappa shape index (κ2) is 12.8. The molecular formula is C33H36ClN3O. The van der Waals surface area contributed by atoms with Crippen LogP contribution in [0.2, 0.25) is 0 Å². The molecular weight excluding hydrogens is 490 g/mol. The molecule has 0 spiro atoms. The fourth-order valence-electron chi connectivity index (χ4n) is 4.95. The van der Waals surface area contributed by atoms with E-state index >= 15 is 0 Å². The topological polar surface area (TPSA) is 36.9 Å². The van der Waals surface area contributed by atoms with Crippen LogP contribution in [-0.4, -0.2) is 24.7 Å². The van der Waals surface area contributed by atoms with Crippen LogP contribution in [0.5, 0.6) is 0 Å². The minimum absolute atomic E-state index is 0.0230. The fourth-order valence-corrected chi connectivity index (χ4v) is 5.13. The first-order chi connectivity index (χ1) is 18.7. The number of amidine groups is 1. The lowest BCUT2D eigenvalue weighted by atomic mass is 9.87. The molecule has 2 heterocycles. The minimum atomic E-state index is -0.377. The van der Waals surface area contributed by atoms with Crippen LogP contribution in [0.25, 0.3) is 16.8 Å². The highest BCUT2D eigenvalue weighted by Crippen LogP contribution is 2.43. The van der Waals surface area contributed by atoms with E-state index in [4.69, 9.17) is 16.3 Å². The van der Waals surface area contributed by atoms with E-state index in [0.717, 1.165) is 39.3 Å². The summed E-state index contributed by atoms with van der Waals surface area (Å²) in [5.74, 6) is 0.137. The Hall–Kier alpha value is -3.60. The van der Waals surface area contributed by atoms with Crippen molar-refractivity contribution in [2.24, 2.45) is 10.9 Å². The molecule has 3 unspecified atom stereocenters. The van der Waals surface area contributed by atoms with E-state index in [1.54, 1.807) is 0 Å². The number of para-hydroxylation sites is 1. The van der Waals surface area contributed by atoms with Gasteiger partial charge in [0.1, 0.15) is 0 Å². The summed E-state index contributed by atoms with van der Waals surface area (Å²) in [7, 11) is 2.10. The number of allylic oxidation sites excluding steroid dienone is 2. The molecule has 3 aromatic rings. The monoisotopic (exact) mass is 525 g/mol. The largest absolute Gasteiger partial charge is 0.344 e.